The molecule has 1 aliphatic heterocycles. The van der Waals surface area contributed by atoms with Crippen LogP contribution in [0.3, 0.4) is 0 Å². The number of rotatable bonds is 1. The molecule has 1 heterocycles. The topological polar surface area (TPSA) is 12.0 Å². The summed E-state index contributed by atoms with van der Waals surface area (Å²) in [4.78, 5) is 0. The average Bonchev–Trinajstić information content (AvgIpc) is 2.49. The first-order chi connectivity index (χ1) is 6.18. The summed E-state index contributed by atoms with van der Waals surface area (Å²) >= 11 is 0. The van der Waals surface area contributed by atoms with Crippen molar-refractivity contribution in [3.8, 4) is 0 Å². The Morgan fingerprint density at radius 2 is 2.33 bits per heavy atom. The van der Waals surface area contributed by atoms with Crippen LogP contribution in [0.2, 0.25) is 0 Å². The fraction of sp³-hybridized carbons (Fsp3) is 0.455. The summed E-state index contributed by atoms with van der Waals surface area (Å²) in [7, 11) is 0. The molecule has 0 aromatic heterocycles. The molecule has 1 aromatic rings. The minimum atomic E-state index is 0.527. The zero-order chi connectivity index (χ0) is 9.42. The third-order valence-electron chi connectivity index (χ3n) is 2.45. The third kappa shape index (κ3) is 1.09. The number of hydrogen-bond acceptors (Lipinski definition) is 1. The predicted molar refractivity (Wildman–Crippen MR) is 52.7 cm³/mol. The molecule has 0 fully saturated rings. The molecule has 0 saturated heterocycles. The standard InChI is InChI=1S/C11H15N/c1-8(2)9-4-3-5-11-10(9)6-7-12-11/h3-5,8,12H,6-7H2,1-2H3/i3T. The van der Waals surface area contributed by atoms with Crippen LogP contribution in [0.1, 0.15) is 32.3 Å². The van der Waals surface area contributed by atoms with E-state index < -0.39 is 0 Å². The van der Waals surface area contributed by atoms with Crippen molar-refractivity contribution in [1.29, 1.82) is 0 Å². The Bertz CT molecular complexity index is 331. The first-order valence-corrected chi connectivity index (χ1v) is 4.56. The van der Waals surface area contributed by atoms with E-state index in [0.29, 0.717) is 12.0 Å². The van der Waals surface area contributed by atoms with Gasteiger partial charge in [-0.05, 0) is 29.5 Å². The monoisotopic (exact) mass is 163 g/mol. The van der Waals surface area contributed by atoms with Crippen molar-refractivity contribution in [3.05, 3.63) is 29.3 Å². The minimum Gasteiger partial charge on any atom is -0.384 e. The van der Waals surface area contributed by atoms with Crippen LogP contribution in [0.25, 0.3) is 0 Å². The van der Waals surface area contributed by atoms with Crippen molar-refractivity contribution in [3.63, 3.8) is 0 Å². The molecule has 12 heavy (non-hydrogen) atoms. The number of fused-ring (bicyclic) bond motifs is 1. The van der Waals surface area contributed by atoms with E-state index in [-0.39, 0.29) is 0 Å². The number of benzene rings is 1. The van der Waals surface area contributed by atoms with Gasteiger partial charge in [-0.2, -0.15) is 0 Å². The molecule has 1 aliphatic rings. The minimum absolute atomic E-state index is 0.527. The highest BCUT2D eigenvalue weighted by Gasteiger charge is 2.14. The van der Waals surface area contributed by atoms with Gasteiger partial charge in [0.1, 0.15) is 0 Å². The molecule has 0 spiro atoms. The molecule has 0 atom stereocenters. The van der Waals surface area contributed by atoms with E-state index in [1.54, 1.807) is 0 Å². The molecular weight excluding hydrogens is 146 g/mol. The Balaban J connectivity index is 2.55. The molecule has 1 nitrogen and oxygen atoms in total. The molecule has 1 N–H and O–H groups in total. The highest BCUT2D eigenvalue weighted by molar-refractivity contribution is 5.59. The Hall–Kier alpha value is -0.980. The molecule has 0 amide bonds. The van der Waals surface area contributed by atoms with Gasteiger partial charge in [0, 0.05) is 12.2 Å². The van der Waals surface area contributed by atoms with Gasteiger partial charge < -0.3 is 5.32 Å². The number of nitrogens with one attached hydrogen (secondary N) is 1. The SMILES string of the molecule is [3H]c1cc2c(c(C(C)C)c1)CCN2. The van der Waals surface area contributed by atoms with E-state index in [2.05, 4.69) is 19.2 Å². The average molecular weight is 163 g/mol. The summed E-state index contributed by atoms with van der Waals surface area (Å²) in [6, 6.07) is 4.54. The lowest BCUT2D eigenvalue weighted by Crippen LogP contribution is -1.93. The van der Waals surface area contributed by atoms with Crippen LogP contribution in [0, 0.1) is 0 Å². The number of anilines is 1. The molecule has 0 radical (unpaired) electrons. The maximum Gasteiger partial charge on any atom is 0.0624 e. The molecule has 64 valence electrons. The van der Waals surface area contributed by atoms with Gasteiger partial charge in [-0.25, -0.2) is 0 Å². The van der Waals surface area contributed by atoms with Gasteiger partial charge in [-0.15, -0.1) is 0 Å². The molecular formula is C11H15N. The van der Waals surface area contributed by atoms with Gasteiger partial charge in [0.15, 0.2) is 0 Å². The molecule has 0 aliphatic carbocycles. The predicted octanol–water partition coefficient (Wildman–Crippen LogP) is 2.78. The summed E-state index contributed by atoms with van der Waals surface area (Å²) in [6.45, 7) is 5.40. The molecule has 0 unspecified atom stereocenters. The van der Waals surface area contributed by atoms with E-state index >= 15 is 0 Å². The van der Waals surface area contributed by atoms with Gasteiger partial charge in [0.25, 0.3) is 0 Å². The Morgan fingerprint density at radius 1 is 1.50 bits per heavy atom. The Kier molecular flexibility index (Phi) is 1.53. The molecule has 0 bridgehead atoms. The largest absolute Gasteiger partial charge is 0.384 e. The maximum absolute atomic E-state index is 7.66. The maximum atomic E-state index is 7.66. The van der Waals surface area contributed by atoms with E-state index in [1.807, 2.05) is 12.1 Å². The van der Waals surface area contributed by atoms with Crippen LogP contribution in [0.15, 0.2) is 18.2 Å². The third-order valence-corrected chi connectivity index (χ3v) is 2.45. The Morgan fingerprint density at radius 3 is 3.08 bits per heavy atom. The molecule has 2 rings (SSSR count). The highest BCUT2D eigenvalue weighted by atomic mass is 14.9. The Labute approximate surface area is 75.2 Å². The summed E-state index contributed by atoms with van der Waals surface area (Å²) in [5, 5.41) is 3.32. The van der Waals surface area contributed by atoms with Crippen molar-refractivity contribution in [2.75, 3.05) is 11.9 Å². The summed E-state index contributed by atoms with van der Waals surface area (Å²) in [6.07, 6.45) is 1.11. The van der Waals surface area contributed by atoms with Crippen molar-refractivity contribution in [1.82, 2.24) is 0 Å². The second kappa shape index (κ2) is 2.81. The summed E-state index contributed by atoms with van der Waals surface area (Å²) < 4.78 is 7.66. The second-order valence-electron chi connectivity index (χ2n) is 3.63. The first kappa shape index (κ1) is 6.53. The van der Waals surface area contributed by atoms with E-state index in [1.165, 1.54) is 16.8 Å². The van der Waals surface area contributed by atoms with Crippen LogP contribution in [0.4, 0.5) is 5.69 Å². The zero-order valence-electron chi connectivity index (χ0n) is 8.65. The molecule has 1 aromatic carbocycles. The second-order valence-corrected chi connectivity index (χ2v) is 3.63. The van der Waals surface area contributed by atoms with Crippen molar-refractivity contribution in [2.24, 2.45) is 0 Å². The highest BCUT2D eigenvalue weighted by Crippen LogP contribution is 2.29. The summed E-state index contributed by atoms with van der Waals surface area (Å²) in [5.41, 5.74) is 3.94. The van der Waals surface area contributed by atoms with Crippen molar-refractivity contribution in [2.45, 2.75) is 26.2 Å². The van der Waals surface area contributed by atoms with Crippen LogP contribution >= 0.6 is 0 Å². The van der Waals surface area contributed by atoms with Crippen LogP contribution in [0.5, 0.6) is 0 Å². The first-order valence-electron chi connectivity index (χ1n) is 5.06. The summed E-state index contributed by atoms with van der Waals surface area (Å²) in [5.74, 6) is 0.527. The van der Waals surface area contributed by atoms with Crippen molar-refractivity contribution >= 4 is 5.69 Å². The van der Waals surface area contributed by atoms with E-state index in [4.69, 9.17) is 1.37 Å². The van der Waals surface area contributed by atoms with Crippen LogP contribution in [-0.2, 0) is 6.42 Å². The fourth-order valence-electron chi connectivity index (χ4n) is 1.82. The van der Waals surface area contributed by atoms with Gasteiger partial charge in [-0.1, -0.05) is 26.0 Å². The van der Waals surface area contributed by atoms with Crippen LogP contribution in [-0.4, -0.2) is 6.54 Å². The number of hydrogen-bond donors (Lipinski definition) is 1. The zero-order valence-corrected chi connectivity index (χ0v) is 7.65. The molecule has 1 heteroatoms. The van der Waals surface area contributed by atoms with Gasteiger partial charge in [-0.3, -0.25) is 0 Å². The van der Waals surface area contributed by atoms with Gasteiger partial charge in [0.05, 0.1) is 1.37 Å². The van der Waals surface area contributed by atoms with E-state index in [0.717, 1.165) is 13.0 Å². The lowest BCUT2D eigenvalue weighted by Gasteiger charge is -2.10. The smallest absolute Gasteiger partial charge is 0.0624 e. The fourth-order valence-corrected chi connectivity index (χ4v) is 1.82. The van der Waals surface area contributed by atoms with Crippen molar-refractivity contribution < 1.29 is 1.37 Å². The van der Waals surface area contributed by atoms with E-state index in [9.17, 15) is 0 Å². The van der Waals surface area contributed by atoms with Gasteiger partial charge >= 0.3 is 0 Å². The lowest BCUT2D eigenvalue weighted by molar-refractivity contribution is 0.849. The quantitative estimate of drug-likeness (QED) is 0.671. The molecule has 0 saturated carbocycles. The lowest BCUT2D eigenvalue weighted by atomic mass is 9.96. The normalized spacial score (nSPS) is 15.8. The van der Waals surface area contributed by atoms with Gasteiger partial charge in [0.2, 0.25) is 0 Å². The van der Waals surface area contributed by atoms with Crippen LogP contribution < -0.4 is 5.32 Å².